The van der Waals surface area contributed by atoms with Crippen LogP contribution in [0.5, 0.6) is 0 Å². The monoisotopic (exact) mass is 308 g/mol. The number of amides is 2. The summed E-state index contributed by atoms with van der Waals surface area (Å²) in [5.41, 5.74) is 0. The number of carbonyl (C=O) groups excluding carboxylic acids is 1. The van der Waals surface area contributed by atoms with Crippen LogP contribution in [-0.4, -0.2) is 28.8 Å². The fourth-order valence-corrected chi connectivity index (χ4v) is 2.71. The molecule has 22 heavy (non-hydrogen) atoms. The van der Waals surface area contributed by atoms with Crippen LogP contribution >= 0.6 is 0 Å². The molecule has 6 heteroatoms. The van der Waals surface area contributed by atoms with Gasteiger partial charge < -0.3 is 15.2 Å². The summed E-state index contributed by atoms with van der Waals surface area (Å²) >= 11 is 0. The molecule has 1 aromatic rings. The minimum atomic E-state index is -0.0553. The lowest BCUT2D eigenvalue weighted by Crippen LogP contribution is -2.42. The molecule has 0 aliphatic heterocycles. The highest BCUT2D eigenvalue weighted by atomic mass is 16.5. The van der Waals surface area contributed by atoms with Gasteiger partial charge in [-0.05, 0) is 19.3 Å². The summed E-state index contributed by atoms with van der Waals surface area (Å²) in [6, 6.07) is 0.285. The van der Waals surface area contributed by atoms with Gasteiger partial charge >= 0.3 is 6.03 Å². The lowest BCUT2D eigenvalue weighted by molar-refractivity contribution is 0.235. The number of urea groups is 1. The minimum absolute atomic E-state index is 0.0553. The van der Waals surface area contributed by atoms with Crippen molar-refractivity contribution < 1.29 is 9.32 Å². The second kappa shape index (κ2) is 8.76. The molecule has 1 aliphatic carbocycles. The molecule has 2 amide bonds. The number of rotatable bonds is 6. The molecule has 2 rings (SSSR count). The second-order valence-corrected chi connectivity index (χ2v) is 6.39. The summed E-state index contributed by atoms with van der Waals surface area (Å²) in [5, 5.41) is 9.92. The summed E-state index contributed by atoms with van der Waals surface area (Å²) in [6.07, 6.45) is 8.74. The van der Waals surface area contributed by atoms with Crippen molar-refractivity contribution in [3.05, 3.63) is 11.7 Å². The first-order valence-electron chi connectivity index (χ1n) is 8.52. The van der Waals surface area contributed by atoms with Crippen molar-refractivity contribution in [3.8, 4) is 0 Å². The first-order chi connectivity index (χ1) is 10.6. The van der Waals surface area contributed by atoms with Gasteiger partial charge in [0.2, 0.25) is 5.89 Å². The average Bonchev–Trinajstić information content (AvgIpc) is 2.82. The van der Waals surface area contributed by atoms with E-state index in [2.05, 4.69) is 20.8 Å². The van der Waals surface area contributed by atoms with Gasteiger partial charge in [-0.25, -0.2) is 4.79 Å². The van der Waals surface area contributed by atoms with Crippen LogP contribution in [0.4, 0.5) is 4.79 Å². The zero-order valence-corrected chi connectivity index (χ0v) is 13.7. The van der Waals surface area contributed by atoms with Gasteiger partial charge in [-0.1, -0.05) is 44.7 Å². The van der Waals surface area contributed by atoms with E-state index in [9.17, 15) is 4.79 Å². The molecule has 124 valence electrons. The molecule has 1 aliphatic rings. The third kappa shape index (κ3) is 5.66. The van der Waals surface area contributed by atoms with Crippen molar-refractivity contribution in [3.63, 3.8) is 0 Å². The van der Waals surface area contributed by atoms with E-state index >= 15 is 0 Å². The van der Waals surface area contributed by atoms with Crippen LogP contribution in [0, 0.1) is 0 Å². The summed E-state index contributed by atoms with van der Waals surface area (Å²) in [7, 11) is 0. The molecule has 0 atom stereocenters. The quantitative estimate of drug-likeness (QED) is 0.625. The maximum atomic E-state index is 11.9. The van der Waals surface area contributed by atoms with E-state index < -0.39 is 0 Å². The van der Waals surface area contributed by atoms with Crippen LogP contribution in [-0.2, 0) is 6.42 Å². The van der Waals surface area contributed by atoms with Gasteiger partial charge in [-0.2, -0.15) is 4.98 Å². The third-order valence-corrected chi connectivity index (χ3v) is 4.04. The van der Waals surface area contributed by atoms with Gasteiger partial charge in [-0.15, -0.1) is 0 Å². The van der Waals surface area contributed by atoms with Crippen LogP contribution in [0.15, 0.2) is 4.52 Å². The highest BCUT2D eigenvalue weighted by Gasteiger charge is 2.14. The van der Waals surface area contributed by atoms with Crippen LogP contribution in [0.2, 0.25) is 0 Å². The molecule has 1 fully saturated rings. The van der Waals surface area contributed by atoms with Crippen LogP contribution in [0.3, 0.4) is 0 Å². The Bertz CT molecular complexity index is 451. The number of hydrogen-bond acceptors (Lipinski definition) is 4. The molecule has 0 aromatic carbocycles. The maximum Gasteiger partial charge on any atom is 0.315 e. The van der Waals surface area contributed by atoms with Crippen molar-refractivity contribution in [2.45, 2.75) is 77.2 Å². The Balaban J connectivity index is 1.60. The Hall–Kier alpha value is -1.59. The number of hydrogen-bond donors (Lipinski definition) is 2. The molecular weight excluding hydrogens is 280 g/mol. The Morgan fingerprint density at radius 1 is 1.27 bits per heavy atom. The van der Waals surface area contributed by atoms with Gasteiger partial charge in [0.15, 0.2) is 5.82 Å². The van der Waals surface area contributed by atoms with Gasteiger partial charge in [0.1, 0.15) is 0 Å². The van der Waals surface area contributed by atoms with Crippen molar-refractivity contribution >= 4 is 6.03 Å². The van der Waals surface area contributed by atoms with Crippen molar-refractivity contribution in [2.75, 3.05) is 6.54 Å². The lowest BCUT2D eigenvalue weighted by Gasteiger charge is -2.16. The van der Waals surface area contributed by atoms with Crippen LogP contribution in [0.1, 0.15) is 76.4 Å². The summed E-state index contributed by atoms with van der Waals surface area (Å²) < 4.78 is 5.18. The number of nitrogens with zero attached hydrogens (tertiary/aromatic N) is 2. The van der Waals surface area contributed by atoms with E-state index in [0.29, 0.717) is 24.9 Å². The smallest absolute Gasteiger partial charge is 0.315 e. The molecule has 6 nitrogen and oxygen atoms in total. The maximum absolute atomic E-state index is 11.9. The molecule has 0 radical (unpaired) electrons. The van der Waals surface area contributed by atoms with E-state index in [-0.39, 0.29) is 11.9 Å². The zero-order chi connectivity index (χ0) is 15.8. The molecule has 0 spiro atoms. The Labute approximate surface area is 132 Å². The highest BCUT2D eigenvalue weighted by molar-refractivity contribution is 5.74. The molecule has 1 saturated carbocycles. The zero-order valence-electron chi connectivity index (χ0n) is 13.7. The predicted octanol–water partition coefficient (Wildman–Crippen LogP) is 3.15. The van der Waals surface area contributed by atoms with Crippen molar-refractivity contribution in [2.24, 2.45) is 0 Å². The van der Waals surface area contributed by atoms with Crippen LogP contribution < -0.4 is 10.6 Å². The second-order valence-electron chi connectivity index (χ2n) is 6.39. The number of nitrogens with one attached hydrogen (secondary N) is 2. The summed E-state index contributed by atoms with van der Waals surface area (Å²) in [5.74, 6) is 1.67. The molecule has 0 bridgehead atoms. The summed E-state index contributed by atoms with van der Waals surface area (Å²) in [4.78, 5) is 16.2. The van der Waals surface area contributed by atoms with Crippen molar-refractivity contribution in [1.29, 1.82) is 0 Å². The fraction of sp³-hybridized carbons (Fsp3) is 0.812. The Morgan fingerprint density at radius 2 is 2.00 bits per heavy atom. The fourth-order valence-electron chi connectivity index (χ4n) is 2.71. The normalized spacial score (nSPS) is 16.5. The largest absolute Gasteiger partial charge is 0.339 e. The van der Waals surface area contributed by atoms with E-state index in [4.69, 9.17) is 4.52 Å². The Kier molecular flexibility index (Phi) is 6.68. The minimum Gasteiger partial charge on any atom is -0.339 e. The average molecular weight is 308 g/mol. The molecule has 2 N–H and O–H groups in total. The first kappa shape index (κ1) is 16.8. The molecular formula is C16H28N4O2. The third-order valence-electron chi connectivity index (χ3n) is 4.04. The highest BCUT2D eigenvalue weighted by Crippen LogP contribution is 2.17. The molecule has 1 aromatic heterocycles. The van der Waals surface area contributed by atoms with E-state index in [1.165, 1.54) is 25.7 Å². The number of aromatic nitrogens is 2. The van der Waals surface area contributed by atoms with E-state index in [1.54, 1.807) is 0 Å². The van der Waals surface area contributed by atoms with Crippen LogP contribution in [0.25, 0.3) is 0 Å². The van der Waals surface area contributed by atoms with Gasteiger partial charge in [0, 0.05) is 24.9 Å². The van der Waals surface area contributed by atoms with Gasteiger partial charge in [0.25, 0.3) is 0 Å². The number of carbonyl (C=O) groups is 1. The molecule has 0 unspecified atom stereocenters. The van der Waals surface area contributed by atoms with Gasteiger partial charge in [0.05, 0.1) is 0 Å². The molecule has 1 heterocycles. The van der Waals surface area contributed by atoms with E-state index in [1.807, 2.05) is 13.8 Å². The lowest BCUT2D eigenvalue weighted by atomic mass is 10.1. The number of aryl methyl sites for hydroxylation is 1. The topological polar surface area (TPSA) is 80.0 Å². The Morgan fingerprint density at radius 3 is 2.64 bits per heavy atom. The predicted molar refractivity (Wildman–Crippen MR) is 84.7 cm³/mol. The first-order valence-corrected chi connectivity index (χ1v) is 8.52. The van der Waals surface area contributed by atoms with Gasteiger partial charge in [-0.3, -0.25) is 0 Å². The molecule has 0 saturated heterocycles. The summed E-state index contributed by atoms with van der Waals surface area (Å²) in [6.45, 7) is 4.69. The van der Waals surface area contributed by atoms with Crippen molar-refractivity contribution in [1.82, 2.24) is 20.8 Å². The SMILES string of the molecule is CC(C)c1noc(CCCNC(=O)NC2CCCCCC2)n1. The standard InChI is InChI=1S/C16H28N4O2/c1-12(2)15-19-14(22-20-15)10-7-11-17-16(21)18-13-8-5-3-4-6-9-13/h12-13H,3-11H2,1-2H3,(H2,17,18,21). The van der Waals surface area contributed by atoms with E-state index in [0.717, 1.165) is 25.1 Å².